The third kappa shape index (κ3) is 3.50. The number of nitrogens with one attached hydrogen (secondary N) is 2. The third-order valence-corrected chi connectivity index (χ3v) is 5.28. The van der Waals surface area contributed by atoms with E-state index in [-0.39, 0.29) is 0 Å². The number of anilines is 1. The van der Waals surface area contributed by atoms with E-state index in [4.69, 9.17) is 4.74 Å². The molecule has 0 spiro atoms. The van der Waals surface area contributed by atoms with Crippen LogP contribution < -0.4 is 10.0 Å². The second-order valence-electron chi connectivity index (χ2n) is 5.06. The Bertz CT molecular complexity index is 537. The normalized spacial score (nSPS) is 23.5. The van der Waals surface area contributed by atoms with Gasteiger partial charge in [0.05, 0.1) is 11.8 Å². The van der Waals surface area contributed by atoms with E-state index in [0.717, 1.165) is 25.7 Å². The lowest BCUT2D eigenvalue weighted by Gasteiger charge is -2.29. The molecule has 0 aromatic heterocycles. The summed E-state index contributed by atoms with van der Waals surface area (Å²) in [7, 11) is -0.262. The van der Waals surface area contributed by atoms with E-state index in [2.05, 4.69) is 10.0 Å². The second-order valence-corrected chi connectivity index (χ2v) is 6.91. The van der Waals surface area contributed by atoms with Crippen molar-refractivity contribution < 1.29 is 13.2 Å². The third-order valence-electron chi connectivity index (χ3n) is 3.81. The number of hydrogen-bond donors (Lipinski definition) is 2. The molecule has 1 aromatic rings. The van der Waals surface area contributed by atoms with Gasteiger partial charge < -0.3 is 10.1 Å². The first-order valence-electron chi connectivity index (χ1n) is 6.88. The molecule has 1 aliphatic carbocycles. The van der Waals surface area contributed by atoms with E-state index >= 15 is 0 Å². The topological polar surface area (TPSA) is 67.4 Å². The van der Waals surface area contributed by atoms with Crippen molar-refractivity contribution in [3.05, 3.63) is 24.3 Å². The molecule has 2 rings (SSSR count). The number of ether oxygens (including phenoxy) is 1. The van der Waals surface area contributed by atoms with Crippen molar-refractivity contribution in [2.75, 3.05) is 19.5 Å². The number of sulfonamides is 1. The maximum atomic E-state index is 12.0. The quantitative estimate of drug-likeness (QED) is 0.872. The van der Waals surface area contributed by atoms with Crippen LogP contribution in [0.2, 0.25) is 0 Å². The minimum absolute atomic E-state index is 0.301. The van der Waals surface area contributed by atoms with Crippen LogP contribution in [-0.2, 0) is 14.8 Å². The van der Waals surface area contributed by atoms with Gasteiger partial charge in [0, 0.05) is 13.2 Å². The molecule has 20 heavy (non-hydrogen) atoms. The van der Waals surface area contributed by atoms with Crippen LogP contribution in [-0.4, -0.2) is 34.7 Å². The summed E-state index contributed by atoms with van der Waals surface area (Å²) < 4.78 is 31.7. The van der Waals surface area contributed by atoms with Crippen molar-refractivity contribution in [1.29, 1.82) is 0 Å². The standard InChI is InChI=1S/C14H22N2O3S/c1-15-20(17,18)14-6-4-3-5-13(14)16-11-7-9-12(19-2)10-8-11/h3-6,11-12,15-16H,7-10H2,1-2H3. The van der Waals surface area contributed by atoms with Gasteiger partial charge in [-0.2, -0.15) is 0 Å². The molecule has 0 atom stereocenters. The molecular weight excluding hydrogens is 276 g/mol. The number of benzene rings is 1. The molecule has 2 N–H and O–H groups in total. The van der Waals surface area contributed by atoms with Crippen LogP contribution in [0.1, 0.15) is 25.7 Å². The minimum atomic E-state index is -3.43. The van der Waals surface area contributed by atoms with Gasteiger partial charge in [0.15, 0.2) is 0 Å². The maximum absolute atomic E-state index is 12.0. The highest BCUT2D eigenvalue weighted by Gasteiger charge is 2.23. The molecule has 1 saturated carbocycles. The predicted molar refractivity (Wildman–Crippen MR) is 79.4 cm³/mol. The summed E-state index contributed by atoms with van der Waals surface area (Å²) in [6, 6.07) is 7.31. The molecular formula is C14H22N2O3S. The number of hydrogen-bond acceptors (Lipinski definition) is 4. The molecule has 1 fully saturated rings. The van der Waals surface area contributed by atoms with Gasteiger partial charge in [-0.3, -0.25) is 0 Å². The maximum Gasteiger partial charge on any atom is 0.242 e. The molecule has 5 nitrogen and oxygen atoms in total. The lowest BCUT2D eigenvalue weighted by atomic mass is 9.93. The summed E-state index contributed by atoms with van der Waals surface area (Å²) in [6.45, 7) is 0. The number of para-hydroxylation sites is 1. The first kappa shape index (κ1) is 15.3. The van der Waals surface area contributed by atoms with Gasteiger partial charge in [-0.25, -0.2) is 13.1 Å². The zero-order chi connectivity index (χ0) is 14.6. The Morgan fingerprint density at radius 2 is 1.80 bits per heavy atom. The average molecular weight is 298 g/mol. The average Bonchev–Trinajstić information content (AvgIpc) is 2.48. The fourth-order valence-corrected chi connectivity index (χ4v) is 3.49. The van der Waals surface area contributed by atoms with Crippen LogP contribution in [0, 0.1) is 0 Å². The summed E-state index contributed by atoms with van der Waals surface area (Å²) in [4.78, 5) is 0.302. The first-order chi connectivity index (χ1) is 9.56. The van der Waals surface area contributed by atoms with Crippen molar-refractivity contribution >= 4 is 15.7 Å². The molecule has 0 bridgehead atoms. The van der Waals surface area contributed by atoms with Crippen LogP contribution in [0.3, 0.4) is 0 Å². The smallest absolute Gasteiger partial charge is 0.242 e. The summed E-state index contributed by atoms with van der Waals surface area (Å²) >= 11 is 0. The lowest BCUT2D eigenvalue weighted by molar-refractivity contribution is 0.0681. The minimum Gasteiger partial charge on any atom is -0.381 e. The zero-order valence-electron chi connectivity index (χ0n) is 11.9. The fourth-order valence-electron chi connectivity index (χ4n) is 2.59. The molecule has 1 aromatic carbocycles. The van der Waals surface area contributed by atoms with Crippen molar-refractivity contribution in [1.82, 2.24) is 4.72 Å². The highest BCUT2D eigenvalue weighted by Crippen LogP contribution is 2.27. The van der Waals surface area contributed by atoms with Crippen LogP contribution in [0.15, 0.2) is 29.2 Å². The molecule has 0 aliphatic heterocycles. The van der Waals surface area contributed by atoms with E-state index < -0.39 is 10.0 Å². The molecule has 0 unspecified atom stereocenters. The molecule has 0 saturated heterocycles. The Balaban J connectivity index is 2.11. The van der Waals surface area contributed by atoms with Crippen molar-refractivity contribution in [3.63, 3.8) is 0 Å². The summed E-state index contributed by atoms with van der Waals surface area (Å²) in [5.41, 5.74) is 0.669. The highest BCUT2D eigenvalue weighted by molar-refractivity contribution is 7.89. The largest absolute Gasteiger partial charge is 0.381 e. The highest BCUT2D eigenvalue weighted by atomic mass is 32.2. The van der Waals surface area contributed by atoms with Gasteiger partial charge >= 0.3 is 0 Å². The number of methoxy groups -OCH3 is 1. The lowest BCUT2D eigenvalue weighted by Crippen LogP contribution is -2.30. The van der Waals surface area contributed by atoms with Crippen molar-refractivity contribution in [2.45, 2.75) is 42.7 Å². The van der Waals surface area contributed by atoms with E-state index in [9.17, 15) is 8.42 Å². The summed E-state index contributed by atoms with van der Waals surface area (Å²) in [5, 5.41) is 3.36. The SMILES string of the molecule is CNS(=O)(=O)c1ccccc1NC1CCC(OC)CC1. The number of rotatable bonds is 5. The Hall–Kier alpha value is -1.11. The van der Waals surface area contributed by atoms with Gasteiger partial charge in [-0.15, -0.1) is 0 Å². The van der Waals surface area contributed by atoms with Crippen molar-refractivity contribution in [2.24, 2.45) is 0 Å². The van der Waals surface area contributed by atoms with E-state index in [0.29, 0.717) is 22.7 Å². The Morgan fingerprint density at radius 1 is 1.15 bits per heavy atom. The zero-order valence-corrected chi connectivity index (χ0v) is 12.7. The molecule has 1 aliphatic rings. The molecule has 0 heterocycles. The fraction of sp³-hybridized carbons (Fsp3) is 0.571. The van der Waals surface area contributed by atoms with E-state index in [1.54, 1.807) is 19.2 Å². The molecule has 112 valence electrons. The van der Waals surface area contributed by atoms with Gasteiger partial charge in [-0.05, 0) is 44.9 Å². The van der Waals surface area contributed by atoms with Gasteiger partial charge in [0.1, 0.15) is 4.90 Å². The van der Waals surface area contributed by atoms with Gasteiger partial charge in [-0.1, -0.05) is 12.1 Å². The second kappa shape index (κ2) is 6.56. The van der Waals surface area contributed by atoms with Crippen LogP contribution in [0.25, 0.3) is 0 Å². The van der Waals surface area contributed by atoms with Crippen LogP contribution in [0.4, 0.5) is 5.69 Å². The first-order valence-corrected chi connectivity index (χ1v) is 8.37. The molecule has 6 heteroatoms. The van der Waals surface area contributed by atoms with E-state index in [1.165, 1.54) is 7.05 Å². The van der Waals surface area contributed by atoms with Gasteiger partial charge in [0.2, 0.25) is 10.0 Å². The predicted octanol–water partition coefficient (Wildman–Crippen LogP) is 1.96. The Morgan fingerprint density at radius 3 is 2.40 bits per heavy atom. The Kier molecular flexibility index (Phi) is 5.01. The van der Waals surface area contributed by atoms with Crippen LogP contribution >= 0.6 is 0 Å². The van der Waals surface area contributed by atoms with Gasteiger partial charge in [0.25, 0.3) is 0 Å². The summed E-state index contributed by atoms with van der Waals surface area (Å²) in [5.74, 6) is 0. The van der Waals surface area contributed by atoms with E-state index in [1.807, 2.05) is 12.1 Å². The Labute approximate surface area is 120 Å². The van der Waals surface area contributed by atoms with Crippen LogP contribution in [0.5, 0.6) is 0 Å². The summed E-state index contributed by atoms with van der Waals surface area (Å²) in [6.07, 6.45) is 4.34. The van der Waals surface area contributed by atoms with Crippen molar-refractivity contribution in [3.8, 4) is 0 Å². The molecule has 0 radical (unpaired) electrons. The molecule has 0 amide bonds. The monoisotopic (exact) mass is 298 g/mol.